The lowest BCUT2D eigenvalue weighted by atomic mass is 9.80. The van der Waals surface area contributed by atoms with E-state index in [0.717, 1.165) is 0 Å². The standard InChI is InChI=1S/C10H13F3O/c1-7-4-8(14-3)6-9(2,5-7)10(11,12)13/h4-5H,6H2,1-3H3. The van der Waals surface area contributed by atoms with E-state index < -0.39 is 11.6 Å². The van der Waals surface area contributed by atoms with Gasteiger partial charge in [0.05, 0.1) is 18.3 Å². The molecule has 1 aliphatic carbocycles. The average Bonchev–Trinajstić information content (AvgIpc) is 2.00. The lowest BCUT2D eigenvalue weighted by molar-refractivity contribution is -0.202. The van der Waals surface area contributed by atoms with E-state index in [2.05, 4.69) is 0 Å². The number of ether oxygens (including phenoxy) is 1. The molecule has 0 fully saturated rings. The predicted octanol–water partition coefficient (Wildman–Crippen LogP) is 3.44. The summed E-state index contributed by atoms with van der Waals surface area (Å²) in [5.41, 5.74) is -1.20. The Morgan fingerprint density at radius 2 is 2.00 bits per heavy atom. The molecule has 1 nitrogen and oxygen atoms in total. The first kappa shape index (κ1) is 11.1. The quantitative estimate of drug-likeness (QED) is 0.638. The third-order valence-electron chi connectivity index (χ3n) is 2.39. The molecule has 1 rings (SSSR count). The molecule has 0 N–H and O–H groups in total. The van der Waals surface area contributed by atoms with Crippen molar-refractivity contribution in [3.8, 4) is 0 Å². The van der Waals surface area contributed by atoms with Crippen LogP contribution in [0.3, 0.4) is 0 Å². The van der Waals surface area contributed by atoms with Crippen LogP contribution in [0.4, 0.5) is 13.2 Å². The summed E-state index contributed by atoms with van der Waals surface area (Å²) in [5.74, 6) is 0.379. The molecule has 0 spiro atoms. The summed E-state index contributed by atoms with van der Waals surface area (Å²) in [6, 6.07) is 0. The Kier molecular flexibility index (Phi) is 2.65. The summed E-state index contributed by atoms with van der Waals surface area (Å²) in [7, 11) is 1.39. The number of allylic oxidation sites excluding steroid dienone is 4. The molecule has 0 bridgehead atoms. The van der Waals surface area contributed by atoms with Crippen molar-refractivity contribution in [3.05, 3.63) is 23.5 Å². The molecule has 0 amide bonds. The molecule has 0 heterocycles. The minimum atomic E-state index is -4.23. The van der Waals surface area contributed by atoms with Crippen molar-refractivity contribution >= 4 is 0 Å². The molecular weight excluding hydrogens is 193 g/mol. The Balaban J connectivity index is 3.02. The third kappa shape index (κ3) is 1.94. The number of alkyl halides is 3. The first-order chi connectivity index (χ1) is 6.28. The van der Waals surface area contributed by atoms with Gasteiger partial charge >= 0.3 is 6.18 Å². The number of hydrogen-bond donors (Lipinski definition) is 0. The van der Waals surface area contributed by atoms with Gasteiger partial charge < -0.3 is 4.74 Å². The molecule has 1 aliphatic rings. The van der Waals surface area contributed by atoms with Crippen molar-refractivity contribution in [3.63, 3.8) is 0 Å². The molecule has 0 aromatic rings. The van der Waals surface area contributed by atoms with Crippen LogP contribution < -0.4 is 0 Å². The van der Waals surface area contributed by atoms with Gasteiger partial charge in [0.1, 0.15) is 0 Å². The second-order valence-corrected chi connectivity index (χ2v) is 3.80. The maximum Gasteiger partial charge on any atom is 0.398 e. The molecule has 0 aromatic carbocycles. The summed E-state index contributed by atoms with van der Waals surface area (Å²) in [4.78, 5) is 0. The summed E-state index contributed by atoms with van der Waals surface area (Å²) in [6.45, 7) is 2.82. The van der Waals surface area contributed by atoms with E-state index in [9.17, 15) is 13.2 Å². The molecule has 4 heteroatoms. The Morgan fingerprint density at radius 1 is 1.43 bits per heavy atom. The fraction of sp³-hybridized carbons (Fsp3) is 0.600. The van der Waals surface area contributed by atoms with Crippen molar-refractivity contribution < 1.29 is 17.9 Å². The minimum absolute atomic E-state index is 0.121. The van der Waals surface area contributed by atoms with E-state index in [-0.39, 0.29) is 6.42 Å². The van der Waals surface area contributed by atoms with Crippen LogP contribution in [0, 0.1) is 5.41 Å². The van der Waals surface area contributed by atoms with Gasteiger partial charge in [0, 0.05) is 6.42 Å². The predicted molar refractivity (Wildman–Crippen MR) is 47.6 cm³/mol. The van der Waals surface area contributed by atoms with Gasteiger partial charge in [-0.1, -0.05) is 11.6 Å². The Hall–Kier alpha value is -0.930. The van der Waals surface area contributed by atoms with Crippen molar-refractivity contribution in [2.75, 3.05) is 7.11 Å². The summed E-state index contributed by atoms with van der Waals surface area (Å²) in [5, 5.41) is 0. The molecule has 1 unspecified atom stereocenters. The highest BCUT2D eigenvalue weighted by Crippen LogP contribution is 2.46. The van der Waals surface area contributed by atoms with Gasteiger partial charge in [-0.15, -0.1) is 0 Å². The number of rotatable bonds is 1. The highest BCUT2D eigenvalue weighted by Gasteiger charge is 2.50. The van der Waals surface area contributed by atoms with E-state index in [1.807, 2.05) is 0 Å². The van der Waals surface area contributed by atoms with Crippen LogP contribution in [-0.4, -0.2) is 13.3 Å². The molecule has 0 saturated carbocycles. The van der Waals surface area contributed by atoms with Crippen LogP contribution in [0.5, 0.6) is 0 Å². The van der Waals surface area contributed by atoms with Gasteiger partial charge in [0.2, 0.25) is 0 Å². The van der Waals surface area contributed by atoms with Crippen LogP contribution in [0.1, 0.15) is 20.3 Å². The van der Waals surface area contributed by atoms with Crippen molar-refractivity contribution in [1.29, 1.82) is 0 Å². The summed E-state index contributed by atoms with van der Waals surface area (Å²) >= 11 is 0. The largest absolute Gasteiger partial charge is 0.501 e. The first-order valence-electron chi connectivity index (χ1n) is 4.29. The van der Waals surface area contributed by atoms with Gasteiger partial charge in [0.25, 0.3) is 0 Å². The summed E-state index contributed by atoms with van der Waals surface area (Å²) < 4.78 is 42.9. The van der Waals surface area contributed by atoms with E-state index in [0.29, 0.717) is 11.3 Å². The lowest BCUT2D eigenvalue weighted by Crippen LogP contribution is -2.35. The Bertz CT molecular complexity index is 288. The average molecular weight is 206 g/mol. The molecule has 14 heavy (non-hydrogen) atoms. The second-order valence-electron chi connectivity index (χ2n) is 3.80. The normalized spacial score (nSPS) is 28.1. The fourth-order valence-electron chi connectivity index (χ4n) is 1.58. The number of hydrogen-bond acceptors (Lipinski definition) is 1. The molecule has 0 radical (unpaired) electrons. The monoisotopic (exact) mass is 206 g/mol. The van der Waals surface area contributed by atoms with E-state index in [1.165, 1.54) is 20.1 Å². The molecule has 1 atom stereocenters. The second kappa shape index (κ2) is 3.33. The molecule has 0 aromatic heterocycles. The fourth-order valence-corrected chi connectivity index (χ4v) is 1.58. The van der Waals surface area contributed by atoms with Gasteiger partial charge in [-0.05, 0) is 19.9 Å². The maximum atomic E-state index is 12.7. The topological polar surface area (TPSA) is 9.23 Å². The Labute approximate surface area is 81.2 Å². The van der Waals surface area contributed by atoms with Gasteiger partial charge in [-0.3, -0.25) is 0 Å². The molecule has 80 valence electrons. The minimum Gasteiger partial charge on any atom is -0.501 e. The van der Waals surface area contributed by atoms with Crippen LogP contribution in [0.25, 0.3) is 0 Å². The van der Waals surface area contributed by atoms with E-state index in [1.54, 1.807) is 13.0 Å². The Morgan fingerprint density at radius 3 is 2.43 bits per heavy atom. The maximum absolute atomic E-state index is 12.7. The molecule has 0 aliphatic heterocycles. The van der Waals surface area contributed by atoms with Crippen LogP contribution >= 0.6 is 0 Å². The van der Waals surface area contributed by atoms with Gasteiger partial charge in [0.15, 0.2) is 0 Å². The van der Waals surface area contributed by atoms with Crippen molar-refractivity contribution in [1.82, 2.24) is 0 Å². The van der Waals surface area contributed by atoms with Crippen LogP contribution in [0.15, 0.2) is 23.5 Å². The third-order valence-corrected chi connectivity index (χ3v) is 2.39. The SMILES string of the molecule is COC1=CC(C)=CC(C)(C(F)(F)F)C1. The highest BCUT2D eigenvalue weighted by molar-refractivity contribution is 5.29. The van der Waals surface area contributed by atoms with Gasteiger partial charge in [-0.2, -0.15) is 13.2 Å². The number of halogens is 3. The van der Waals surface area contributed by atoms with Crippen molar-refractivity contribution in [2.45, 2.75) is 26.4 Å². The zero-order chi connectivity index (χ0) is 11.0. The van der Waals surface area contributed by atoms with E-state index >= 15 is 0 Å². The zero-order valence-corrected chi connectivity index (χ0v) is 8.40. The van der Waals surface area contributed by atoms with Crippen LogP contribution in [0.2, 0.25) is 0 Å². The molecule has 0 saturated heterocycles. The smallest absolute Gasteiger partial charge is 0.398 e. The lowest BCUT2D eigenvalue weighted by Gasteiger charge is -2.32. The highest BCUT2D eigenvalue weighted by atomic mass is 19.4. The van der Waals surface area contributed by atoms with Gasteiger partial charge in [-0.25, -0.2) is 0 Å². The van der Waals surface area contributed by atoms with Crippen molar-refractivity contribution in [2.24, 2.45) is 5.41 Å². The number of methoxy groups -OCH3 is 1. The molecular formula is C10H13F3O. The van der Waals surface area contributed by atoms with E-state index in [4.69, 9.17) is 4.74 Å². The summed E-state index contributed by atoms with van der Waals surface area (Å²) in [6.07, 6.45) is -1.47. The van der Waals surface area contributed by atoms with Crippen LogP contribution in [-0.2, 0) is 4.74 Å². The zero-order valence-electron chi connectivity index (χ0n) is 8.40. The first-order valence-corrected chi connectivity index (χ1v) is 4.29.